The molecule has 4 aliphatic rings. The third-order valence-corrected chi connectivity index (χ3v) is 11.0. The van der Waals surface area contributed by atoms with E-state index in [1.165, 1.54) is 51.4 Å². The van der Waals surface area contributed by atoms with Gasteiger partial charge in [-0.05, 0) is 111 Å². The van der Waals surface area contributed by atoms with Crippen molar-refractivity contribution in [3.8, 4) is 0 Å². The maximum absolute atomic E-state index is 11.5. The summed E-state index contributed by atoms with van der Waals surface area (Å²) in [5.74, 6) is 4.06. The molecule has 1 unspecified atom stereocenters. The van der Waals surface area contributed by atoms with E-state index in [0.717, 1.165) is 55.3 Å². The number of hydrogen-bond donors (Lipinski definition) is 1. The minimum atomic E-state index is -0.658. The Hall–Kier alpha value is -1.06. The molecule has 1 N–H and O–H groups in total. The van der Waals surface area contributed by atoms with Gasteiger partial charge < -0.3 is 9.84 Å². The van der Waals surface area contributed by atoms with Crippen LogP contribution in [-0.4, -0.2) is 23.1 Å². The molecule has 4 rings (SSSR count). The summed E-state index contributed by atoms with van der Waals surface area (Å²) in [5, 5.41) is 8.93. The molecule has 182 valence electrons. The first-order chi connectivity index (χ1) is 15.1. The fourth-order valence-corrected chi connectivity index (χ4v) is 9.48. The van der Waals surface area contributed by atoms with Crippen LogP contribution in [0.1, 0.15) is 111 Å². The predicted molar refractivity (Wildman–Crippen MR) is 126 cm³/mol. The van der Waals surface area contributed by atoms with E-state index in [9.17, 15) is 9.59 Å². The lowest BCUT2D eigenvalue weighted by Gasteiger charge is -2.61. The van der Waals surface area contributed by atoms with Gasteiger partial charge in [-0.2, -0.15) is 0 Å². The Morgan fingerprint density at radius 1 is 0.969 bits per heavy atom. The molecule has 0 aliphatic heterocycles. The van der Waals surface area contributed by atoms with E-state index in [0.29, 0.717) is 23.2 Å². The quantitative estimate of drug-likeness (QED) is 0.343. The minimum absolute atomic E-state index is 0.116. The average molecular weight is 447 g/mol. The number of rotatable bonds is 7. The lowest BCUT2D eigenvalue weighted by molar-refractivity contribution is -0.160. The molecule has 4 nitrogen and oxygen atoms in total. The molecular formula is C28H46O4. The van der Waals surface area contributed by atoms with E-state index in [1.54, 1.807) is 6.92 Å². The molecule has 4 saturated carbocycles. The van der Waals surface area contributed by atoms with Crippen LogP contribution >= 0.6 is 0 Å². The number of carbonyl (C=O) groups excluding carboxylic acids is 1. The van der Waals surface area contributed by atoms with Crippen molar-refractivity contribution in [1.82, 2.24) is 0 Å². The second-order valence-electron chi connectivity index (χ2n) is 12.5. The summed E-state index contributed by atoms with van der Waals surface area (Å²) in [6.45, 7) is 9.19. The van der Waals surface area contributed by atoms with Crippen LogP contribution in [-0.2, 0) is 14.3 Å². The topological polar surface area (TPSA) is 63.6 Å². The number of hydrogen-bond acceptors (Lipinski definition) is 3. The van der Waals surface area contributed by atoms with Gasteiger partial charge in [0.15, 0.2) is 0 Å². The maximum atomic E-state index is 11.5. The normalized spacial score (nSPS) is 44.1. The smallest absolute Gasteiger partial charge is 0.303 e. The number of ether oxygens (including phenoxy) is 1. The molecule has 0 saturated heterocycles. The maximum Gasteiger partial charge on any atom is 0.303 e. The molecule has 4 aliphatic carbocycles. The third kappa shape index (κ3) is 4.37. The molecular weight excluding hydrogens is 400 g/mol. The van der Waals surface area contributed by atoms with Crippen LogP contribution in [0.5, 0.6) is 0 Å². The summed E-state index contributed by atoms with van der Waals surface area (Å²) in [4.78, 5) is 22.3. The Morgan fingerprint density at radius 3 is 2.41 bits per heavy atom. The van der Waals surface area contributed by atoms with Gasteiger partial charge in [0.05, 0.1) is 0 Å². The lowest BCUT2D eigenvalue weighted by atomic mass is 9.44. The monoisotopic (exact) mass is 446 g/mol. The molecule has 32 heavy (non-hydrogen) atoms. The molecule has 0 radical (unpaired) electrons. The number of carboxylic acid groups (broad SMARTS) is 1. The Labute approximate surface area is 195 Å². The third-order valence-electron chi connectivity index (χ3n) is 11.0. The second kappa shape index (κ2) is 9.29. The first kappa shape index (κ1) is 24.1. The molecule has 0 aromatic rings. The Kier molecular flexibility index (Phi) is 6.99. The number of carbonyl (C=O) groups is 2. The molecule has 0 bridgehead atoms. The van der Waals surface area contributed by atoms with Crippen molar-refractivity contribution in [2.75, 3.05) is 0 Å². The molecule has 0 aromatic heterocycles. The lowest BCUT2D eigenvalue weighted by Crippen LogP contribution is -2.54. The van der Waals surface area contributed by atoms with E-state index in [2.05, 4.69) is 20.8 Å². The number of aliphatic carboxylic acids is 1. The largest absolute Gasteiger partial charge is 0.481 e. The molecule has 0 spiro atoms. The van der Waals surface area contributed by atoms with Crippen LogP contribution in [0.25, 0.3) is 0 Å². The van der Waals surface area contributed by atoms with Crippen molar-refractivity contribution in [2.45, 2.75) is 117 Å². The van der Waals surface area contributed by atoms with Crippen LogP contribution in [0.4, 0.5) is 0 Å². The molecule has 0 aromatic carbocycles. The van der Waals surface area contributed by atoms with Crippen molar-refractivity contribution in [1.29, 1.82) is 0 Å². The van der Waals surface area contributed by atoms with E-state index in [-0.39, 0.29) is 12.1 Å². The van der Waals surface area contributed by atoms with Gasteiger partial charge in [-0.3, -0.25) is 9.59 Å². The van der Waals surface area contributed by atoms with Crippen molar-refractivity contribution in [3.05, 3.63) is 0 Å². The zero-order valence-corrected chi connectivity index (χ0v) is 20.9. The highest BCUT2D eigenvalue weighted by molar-refractivity contribution is 5.66. The van der Waals surface area contributed by atoms with E-state index in [4.69, 9.17) is 9.84 Å². The van der Waals surface area contributed by atoms with E-state index in [1.807, 2.05) is 0 Å². The first-order valence-corrected chi connectivity index (χ1v) is 13.5. The van der Waals surface area contributed by atoms with Gasteiger partial charge in [-0.25, -0.2) is 0 Å². The SMILES string of the molecule is CC(=O)O[C@@H]1CC[C@@]2(C)C(CC[C@H]3[C@@H]4CC[C@H]([C@H](C)CCCCC(=O)O)[C@@]4(C)CC[C@@H]32)C1. The van der Waals surface area contributed by atoms with Gasteiger partial charge in [0, 0.05) is 13.3 Å². The van der Waals surface area contributed by atoms with Gasteiger partial charge in [0.2, 0.25) is 0 Å². The predicted octanol–water partition coefficient (Wildman–Crippen LogP) is 6.86. The van der Waals surface area contributed by atoms with Crippen LogP contribution in [0.3, 0.4) is 0 Å². The van der Waals surface area contributed by atoms with Crippen molar-refractivity contribution in [3.63, 3.8) is 0 Å². The summed E-state index contributed by atoms with van der Waals surface area (Å²) >= 11 is 0. The van der Waals surface area contributed by atoms with Gasteiger partial charge in [0.25, 0.3) is 0 Å². The van der Waals surface area contributed by atoms with Gasteiger partial charge in [0.1, 0.15) is 6.10 Å². The second-order valence-corrected chi connectivity index (χ2v) is 12.5. The van der Waals surface area contributed by atoms with E-state index >= 15 is 0 Å². The Balaban J connectivity index is 1.40. The summed E-state index contributed by atoms with van der Waals surface area (Å²) in [7, 11) is 0. The molecule has 0 heterocycles. The number of carboxylic acids is 1. The zero-order chi connectivity index (χ0) is 23.1. The van der Waals surface area contributed by atoms with Crippen LogP contribution in [0, 0.1) is 46.3 Å². The van der Waals surface area contributed by atoms with Gasteiger partial charge >= 0.3 is 11.9 Å². The zero-order valence-electron chi connectivity index (χ0n) is 20.9. The van der Waals surface area contributed by atoms with Crippen molar-refractivity contribution < 1.29 is 19.4 Å². The van der Waals surface area contributed by atoms with Crippen molar-refractivity contribution >= 4 is 11.9 Å². The molecule has 9 atom stereocenters. The van der Waals surface area contributed by atoms with Crippen molar-refractivity contribution in [2.24, 2.45) is 46.3 Å². The summed E-state index contributed by atoms with van der Waals surface area (Å²) in [6.07, 6.45) is 15.1. The minimum Gasteiger partial charge on any atom is -0.481 e. The fourth-order valence-electron chi connectivity index (χ4n) is 9.48. The summed E-state index contributed by atoms with van der Waals surface area (Å²) < 4.78 is 5.63. The Morgan fingerprint density at radius 2 is 1.69 bits per heavy atom. The standard InChI is InChI=1S/C28H46O4/c1-18(7-5-6-8-26(30)31)23-11-12-24-22-10-9-20-17-21(32-19(2)29)13-15-27(20,3)25(22)14-16-28(23,24)4/h18,20-25H,5-17H2,1-4H3,(H,30,31)/t18-,20?,21-,22+,23-,24+,25+,27+,28-/m1/s1. The summed E-state index contributed by atoms with van der Waals surface area (Å²) in [6, 6.07) is 0. The number of unbranched alkanes of at least 4 members (excludes halogenated alkanes) is 1. The Bertz CT molecular complexity index is 704. The molecule has 0 amide bonds. The molecule has 4 fully saturated rings. The van der Waals surface area contributed by atoms with Gasteiger partial charge in [-0.1, -0.05) is 33.6 Å². The molecule has 4 heteroatoms. The van der Waals surface area contributed by atoms with Crippen LogP contribution < -0.4 is 0 Å². The van der Waals surface area contributed by atoms with Gasteiger partial charge in [-0.15, -0.1) is 0 Å². The summed E-state index contributed by atoms with van der Waals surface area (Å²) in [5.41, 5.74) is 0.910. The van der Waals surface area contributed by atoms with E-state index < -0.39 is 5.97 Å². The highest BCUT2D eigenvalue weighted by Gasteiger charge is 2.60. The average Bonchev–Trinajstić information content (AvgIpc) is 3.08. The number of esters is 1. The number of fused-ring (bicyclic) bond motifs is 5. The highest BCUT2D eigenvalue weighted by Crippen LogP contribution is 2.68. The first-order valence-electron chi connectivity index (χ1n) is 13.5. The van der Waals surface area contributed by atoms with Crippen LogP contribution in [0.2, 0.25) is 0 Å². The van der Waals surface area contributed by atoms with Crippen LogP contribution in [0.15, 0.2) is 0 Å². The highest BCUT2D eigenvalue weighted by atomic mass is 16.5. The fraction of sp³-hybridized carbons (Fsp3) is 0.929.